The molecule has 2 rings (SSSR count). The quantitative estimate of drug-likeness (QED) is 0.853. The smallest absolute Gasteiger partial charge is 0.252 e. The van der Waals surface area contributed by atoms with Crippen molar-refractivity contribution in [2.75, 3.05) is 37.6 Å². The van der Waals surface area contributed by atoms with Crippen molar-refractivity contribution in [1.29, 1.82) is 0 Å². The highest BCUT2D eigenvalue weighted by atomic mass is 16.1. The predicted octanol–water partition coefficient (Wildman–Crippen LogP) is 1.58. The first-order valence-corrected chi connectivity index (χ1v) is 7.42. The van der Waals surface area contributed by atoms with Crippen molar-refractivity contribution in [3.63, 3.8) is 0 Å². The Morgan fingerprint density at radius 3 is 2.38 bits per heavy atom. The van der Waals surface area contributed by atoms with E-state index in [4.69, 9.17) is 6.42 Å². The summed E-state index contributed by atoms with van der Waals surface area (Å²) in [6.07, 6.45) is 5.13. The van der Waals surface area contributed by atoms with Gasteiger partial charge in [0.1, 0.15) is 0 Å². The van der Waals surface area contributed by atoms with Crippen molar-refractivity contribution in [2.45, 2.75) is 19.9 Å². The molecule has 1 fully saturated rings. The summed E-state index contributed by atoms with van der Waals surface area (Å²) in [5.74, 6) is 2.28. The van der Waals surface area contributed by atoms with E-state index in [-0.39, 0.29) is 12.5 Å². The fourth-order valence-electron chi connectivity index (χ4n) is 2.55. The van der Waals surface area contributed by atoms with Gasteiger partial charge in [0.25, 0.3) is 5.91 Å². The van der Waals surface area contributed by atoms with Crippen LogP contribution in [0.1, 0.15) is 24.2 Å². The van der Waals surface area contributed by atoms with Crippen LogP contribution in [0.25, 0.3) is 0 Å². The van der Waals surface area contributed by atoms with Gasteiger partial charge in [-0.25, -0.2) is 0 Å². The fraction of sp³-hybridized carbons (Fsp3) is 0.471. The number of carbonyl (C=O) groups excluding carboxylic acids is 1. The number of amides is 1. The van der Waals surface area contributed by atoms with Gasteiger partial charge in [-0.1, -0.05) is 5.92 Å². The van der Waals surface area contributed by atoms with Crippen LogP contribution in [0.5, 0.6) is 0 Å². The Morgan fingerprint density at radius 2 is 1.86 bits per heavy atom. The second-order valence-electron chi connectivity index (χ2n) is 5.55. The molecule has 4 nitrogen and oxygen atoms in total. The Labute approximate surface area is 127 Å². The second-order valence-corrected chi connectivity index (χ2v) is 5.55. The maximum absolute atomic E-state index is 11.8. The lowest BCUT2D eigenvalue weighted by Gasteiger charge is -2.38. The number of nitrogens with zero attached hydrogens (tertiary/aromatic N) is 2. The molecule has 0 aromatic heterocycles. The predicted molar refractivity (Wildman–Crippen MR) is 86.5 cm³/mol. The van der Waals surface area contributed by atoms with E-state index in [0.29, 0.717) is 11.6 Å². The maximum Gasteiger partial charge on any atom is 0.252 e. The van der Waals surface area contributed by atoms with Crippen molar-refractivity contribution in [3.05, 3.63) is 29.8 Å². The molecule has 0 atom stereocenters. The molecule has 0 radical (unpaired) electrons. The molecule has 21 heavy (non-hydrogen) atoms. The summed E-state index contributed by atoms with van der Waals surface area (Å²) in [5, 5.41) is 2.67. The van der Waals surface area contributed by atoms with Gasteiger partial charge in [0, 0.05) is 43.5 Å². The molecule has 1 aliphatic heterocycles. The van der Waals surface area contributed by atoms with Gasteiger partial charge in [0.2, 0.25) is 0 Å². The zero-order chi connectivity index (χ0) is 15.2. The molecule has 112 valence electrons. The van der Waals surface area contributed by atoms with Crippen LogP contribution in [0.15, 0.2) is 24.3 Å². The van der Waals surface area contributed by atoms with Crippen LogP contribution in [-0.4, -0.2) is 49.6 Å². The van der Waals surface area contributed by atoms with Crippen molar-refractivity contribution < 1.29 is 4.79 Å². The Hall–Kier alpha value is -1.99. The van der Waals surface area contributed by atoms with Crippen molar-refractivity contribution in [3.8, 4) is 12.3 Å². The van der Waals surface area contributed by atoms with E-state index in [1.807, 2.05) is 24.3 Å². The summed E-state index contributed by atoms with van der Waals surface area (Å²) in [7, 11) is 0. The van der Waals surface area contributed by atoms with Gasteiger partial charge in [-0.3, -0.25) is 9.69 Å². The Balaban J connectivity index is 1.94. The highest BCUT2D eigenvalue weighted by Gasteiger charge is 2.19. The third-order valence-corrected chi connectivity index (χ3v) is 3.89. The summed E-state index contributed by atoms with van der Waals surface area (Å²) in [4.78, 5) is 16.6. The molecule has 1 aliphatic rings. The van der Waals surface area contributed by atoms with Gasteiger partial charge >= 0.3 is 0 Å². The van der Waals surface area contributed by atoms with Crippen LogP contribution in [0.4, 0.5) is 5.69 Å². The van der Waals surface area contributed by atoms with Crippen LogP contribution < -0.4 is 10.2 Å². The molecule has 0 aliphatic carbocycles. The Kier molecular flexibility index (Phi) is 5.24. The number of rotatable bonds is 4. The van der Waals surface area contributed by atoms with Crippen molar-refractivity contribution in [2.24, 2.45) is 0 Å². The highest BCUT2D eigenvalue weighted by Crippen LogP contribution is 2.18. The molecule has 0 unspecified atom stereocenters. The Bertz CT molecular complexity index is 508. The van der Waals surface area contributed by atoms with E-state index in [1.54, 1.807) is 0 Å². The van der Waals surface area contributed by atoms with Crippen LogP contribution in [-0.2, 0) is 0 Å². The van der Waals surface area contributed by atoms with E-state index in [0.717, 1.165) is 26.2 Å². The molecule has 1 aromatic carbocycles. The lowest BCUT2D eigenvalue weighted by Crippen LogP contribution is -2.48. The van der Waals surface area contributed by atoms with E-state index in [9.17, 15) is 4.79 Å². The SMILES string of the molecule is C#CCNC(=O)c1ccc(N2CCN(C(C)C)CC2)cc1. The Morgan fingerprint density at radius 1 is 1.24 bits per heavy atom. The monoisotopic (exact) mass is 285 g/mol. The zero-order valence-electron chi connectivity index (χ0n) is 12.8. The van der Waals surface area contributed by atoms with E-state index < -0.39 is 0 Å². The standard InChI is InChI=1S/C17H23N3O/c1-4-9-18-17(21)15-5-7-16(8-6-15)20-12-10-19(11-13-20)14(2)3/h1,5-8,14H,9-13H2,2-3H3,(H,18,21). The summed E-state index contributed by atoms with van der Waals surface area (Å²) >= 11 is 0. The number of terminal acetylenes is 1. The van der Waals surface area contributed by atoms with Gasteiger partial charge in [-0.2, -0.15) is 0 Å². The highest BCUT2D eigenvalue weighted by molar-refractivity contribution is 5.94. The summed E-state index contributed by atoms with van der Waals surface area (Å²) in [6, 6.07) is 8.34. The van der Waals surface area contributed by atoms with Crippen LogP contribution in [0, 0.1) is 12.3 Å². The summed E-state index contributed by atoms with van der Waals surface area (Å²) in [6.45, 7) is 8.96. The first-order chi connectivity index (χ1) is 10.1. The van der Waals surface area contributed by atoms with E-state index >= 15 is 0 Å². The molecule has 0 bridgehead atoms. The topological polar surface area (TPSA) is 35.6 Å². The number of nitrogens with one attached hydrogen (secondary N) is 1. The van der Waals surface area contributed by atoms with Gasteiger partial charge in [0.05, 0.1) is 6.54 Å². The third kappa shape index (κ3) is 3.99. The molecule has 1 N–H and O–H groups in total. The summed E-state index contributed by atoms with van der Waals surface area (Å²) in [5.41, 5.74) is 1.82. The molecular formula is C17H23N3O. The number of benzene rings is 1. The van der Waals surface area contributed by atoms with Crippen molar-refractivity contribution in [1.82, 2.24) is 10.2 Å². The second kappa shape index (κ2) is 7.14. The first kappa shape index (κ1) is 15.4. The van der Waals surface area contributed by atoms with Gasteiger partial charge in [-0.15, -0.1) is 6.42 Å². The molecule has 0 saturated carbocycles. The average Bonchev–Trinajstić information content (AvgIpc) is 2.53. The van der Waals surface area contributed by atoms with E-state index in [2.05, 4.69) is 34.9 Å². The maximum atomic E-state index is 11.8. The molecule has 0 spiro atoms. The largest absolute Gasteiger partial charge is 0.369 e. The molecule has 4 heteroatoms. The fourth-order valence-corrected chi connectivity index (χ4v) is 2.55. The van der Waals surface area contributed by atoms with Crippen molar-refractivity contribution >= 4 is 11.6 Å². The third-order valence-electron chi connectivity index (χ3n) is 3.89. The van der Waals surface area contributed by atoms with Crippen LogP contribution in [0.3, 0.4) is 0 Å². The summed E-state index contributed by atoms with van der Waals surface area (Å²) < 4.78 is 0. The lowest BCUT2D eigenvalue weighted by molar-refractivity contribution is 0.0958. The molecule has 1 heterocycles. The lowest BCUT2D eigenvalue weighted by atomic mass is 10.1. The zero-order valence-corrected chi connectivity index (χ0v) is 12.8. The minimum Gasteiger partial charge on any atom is -0.369 e. The van der Waals surface area contributed by atoms with Gasteiger partial charge in [-0.05, 0) is 38.1 Å². The van der Waals surface area contributed by atoms with Crippen LogP contribution >= 0.6 is 0 Å². The average molecular weight is 285 g/mol. The van der Waals surface area contributed by atoms with Gasteiger partial charge < -0.3 is 10.2 Å². The number of piperazine rings is 1. The van der Waals surface area contributed by atoms with Gasteiger partial charge in [0.15, 0.2) is 0 Å². The minimum atomic E-state index is -0.121. The van der Waals surface area contributed by atoms with E-state index in [1.165, 1.54) is 5.69 Å². The first-order valence-electron chi connectivity index (χ1n) is 7.42. The number of carbonyl (C=O) groups is 1. The van der Waals surface area contributed by atoms with Crippen LogP contribution in [0.2, 0.25) is 0 Å². The molecule has 1 aromatic rings. The number of hydrogen-bond donors (Lipinski definition) is 1. The normalized spacial score (nSPS) is 15.8. The molecule has 1 saturated heterocycles. The number of hydrogen-bond acceptors (Lipinski definition) is 3. The number of anilines is 1. The molecular weight excluding hydrogens is 262 g/mol. The minimum absolute atomic E-state index is 0.121. The molecule has 1 amide bonds.